The number of aromatic nitrogens is 2. The van der Waals surface area contributed by atoms with Crippen molar-refractivity contribution in [2.24, 2.45) is 5.73 Å². The van der Waals surface area contributed by atoms with E-state index in [-0.39, 0.29) is 6.54 Å². The third kappa shape index (κ3) is 4.68. The molecule has 0 atom stereocenters. The predicted molar refractivity (Wildman–Crippen MR) is 80.9 cm³/mol. The van der Waals surface area contributed by atoms with Crippen LogP contribution in [0.1, 0.15) is 5.56 Å². The molecule has 0 bridgehead atoms. The van der Waals surface area contributed by atoms with Crippen LogP contribution in [0.3, 0.4) is 0 Å². The SMILES string of the molecule is C=CCOc1ccc(CNc2cnn(CC(N)=O)c2)cc1. The smallest absolute Gasteiger partial charge is 0.239 e. The molecule has 0 saturated heterocycles. The van der Waals surface area contributed by atoms with Crippen LogP contribution in [0.5, 0.6) is 5.75 Å². The Morgan fingerprint density at radius 3 is 2.86 bits per heavy atom. The molecule has 1 aromatic carbocycles. The number of carbonyl (C=O) groups excluding carboxylic acids is 1. The van der Waals surface area contributed by atoms with Crippen LogP contribution in [0.15, 0.2) is 49.3 Å². The van der Waals surface area contributed by atoms with E-state index in [2.05, 4.69) is 17.0 Å². The number of nitrogens with one attached hydrogen (secondary N) is 1. The van der Waals surface area contributed by atoms with Crippen molar-refractivity contribution in [3.63, 3.8) is 0 Å². The van der Waals surface area contributed by atoms with Gasteiger partial charge in [-0.2, -0.15) is 5.10 Å². The van der Waals surface area contributed by atoms with Crippen LogP contribution < -0.4 is 15.8 Å². The second kappa shape index (κ2) is 7.14. The molecule has 2 aromatic rings. The van der Waals surface area contributed by atoms with Crippen LogP contribution in [0.4, 0.5) is 5.69 Å². The highest BCUT2D eigenvalue weighted by atomic mass is 16.5. The second-order valence-corrected chi connectivity index (χ2v) is 4.49. The molecule has 110 valence electrons. The van der Waals surface area contributed by atoms with Crippen molar-refractivity contribution < 1.29 is 9.53 Å². The summed E-state index contributed by atoms with van der Waals surface area (Å²) in [6.07, 6.45) is 5.11. The van der Waals surface area contributed by atoms with Crippen LogP contribution in [-0.2, 0) is 17.9 Å². The summed E-state index contributed by atoms with van der Waals surface area (Å²) >= 11 is 0. The van der Waals surface area contributed by atoms with E-state index < -0.39 is 5.91 Å². The van der Waals surface area contributed by atoms with E-state index in [9.17, 15) is 4.79 Å². The molecule has 0 aliphatic rings. The van der Waals surface area contributed by atoms with Gasteiger partial charge in [0.1, 0.15) is 18.9 Å². The first-order valence-corrected chi connectivity index (χ1v) is 6.54. The zero-order valence-corrected chi connectivity index (χ0v) is 11.7. The monoisotopic (exact) mass is 286 g/mol. The minimum Gasteiger partial charge on any atom is -0.490 e. The van der Waals surface area contributed by atoms with Crippen LogP contribution in [0.25, 0.3) is 0 Å². The summed E-state index contributed by atoms with van der Waals surface area (Å²) in [6, 6.07) is 7.80. The van der Waals surface area contributed by atoms with Gasteiger partial charge in [-0.25, -0.2) is 0 Å². The number of anilines is 1. The fourth-order valence-corrected chi connectivity index (χ4v) is 1.76. The number of rotatable bonds is 8. The minimum atomic E-state index is -0.417. The molecule has 1 heterocycles. The zero-order chi connectivity index (χ0) is 15.1. The van der Waals surface area contributed by atoms with E-state index >= 15 is 0 Å². The van der Waals surface area contributed by atoms with Gasteiger partial charge in [-0.1, -0.05) is 24.8 Å². The molecule has 1 amide bonds. The third-order valence-electron chi connectivity index (χ3n) is 2.74. The van der Waals surface area contributed by atoms with Crippen LogP contribution in [-0.4, -0.2) is 22.3 Å². The first-order valence-electron chi connectivity index (χ1n) is 6.54. The Morgan fingerprint density at radius 1 is 1.43 bits per heavy atom. The van der Waals surface area contributed by atoms with Gasteiger partial charge in [-0.05, 0) is 17.7 Å². The second-order valence-electron chi connectivity index (χ2n) is 4.49. The highest BCUT2D eigenvalue weighted by molar-refractivity contribution is 5.73. The molecule has 0 unspecified atom stereocenters. The van der Waals surface area contributed by atoms with E-state index in [0.717, 1.165) is 17.0 Å². The standard InChI is InChI=1S/C15H18N4O2/c1-2-7-21-14-5-3-12(4-6-14)8-17-13-9-18-19(10-13)11-15(16)20/h2-6,9-10,17H,1,7-8,11H2,(H2,16,20). The number of amides is 1. The first kappa shape index (κ1) is 14.6. The molecular weight excluding hydrogens is 268 g/mol. The third-order valence-corrected chi connectivity index (χ3v) is 2.74. The molecule has 2 rings (SSSR count). The number of hydrogen-bond acceptors (Lipinski definition) is 4. The van der Waals surface area contributed by atoms with Gasteiger partial charge in [0.25, 0.3) is 0 Å². The van der Waals surface area contributed by atoms with Crippen molar-refractivity contribution in [3.05, 3.63) is 54.9 Å². The lowest BCUT2D eigenvalue weighted by molar-refractivity contribution is -0.118. The molecule has 3 N–H and O–H groups in total. The average Bonchev–Trinajstić information content (AvgIpc) is 2.91. The van der Waals surface area contributed by atoms with Crippen molar-refractivity contribution in [2.75, 3.05) is 11.9 Å². The topological polar surface area (TPSA) is 82.2 Å². The summed E-state index contributed by atoms with van der Waals surface area (Å²) < 4.78 is 6.91. The van der Waals surface area contributed by atoms with Crippen molar-refractivity contribution in [1.82, 2.24) is 9.78 Å². The molecule has 0 saturated carbocycles. The predicted octanol–water partition coefficient (Wildman–Crippen LogP) is 1.55. The van der Waals surface area contributed by atoms with Gasteiger partial charge in [0, 0.05) is 12.7 Å². The first-order chi connectivity index (χ1) is 10.2. The number of ether oxygens (including phenoxy) is 1. The normalized spacial score (nSPS) is 10.1. The fourth-order valence-electron chi connectivity index (χ4n) is 1.76. The number of benzene rings is 1. The van der Waals surface area contributed by atoms with E-state index in [4.69, 9.17) is 10.5 Å². The summed E-state index contributed by atoms with van der Waals surface area (Å²) in [4.78, 5) is 10.8. The van der Waals surface area contributed by atoms with E-state index in [1.54, 1.807) is 18.5 Å². The van der Waals surface area contributed by atoms with Gasteiger partial charge >= 0.3 is 0 Å². The zero-order valence-electron chi connectivity index (χ0n) is 11.7. The largest absolute Gasteiger partial charge is 0.490 e. The quantitative estimate of drug-likeness (QED) is 0.721. The Balaban J connectivity index is 1.86. The highest BCUT2D eigenvalue weighted by Gasteiger charge is 2.01. The average molecular weight is 286 g/mol. The van der Waals surface area contributed by atoms with Crippen LogP contribution in [0, 0.1) is 0 Å². The van der Waals surface area contributed by atoms with Gasteiger partial charge in [0.2, 0.25) is 5.91 Å². The fraction of sp³-hybridized carbons (Fsp3) is 0.200. The summed E-state index contributed by atoms with van der Waals surface area (Å²) in [5.41, 5.74) is 7.06. The van der Waals surface area contributed by atoms with Crippen LogP contribution in [0.2, 0.25) is 0 Å². The molecule has 1 aromatic heterocycles. The van der Waals surface area contributed by atoms with Crippen molar-refractivity contribution in [2.45, 2.75) is 13.1 Å². The summed E-state index contributed by atoms with van der Waals surface area (Å²) in [5, 5.41) is 7.27. The van der Waals surface area contributed by atoms with Crippen molar-refractivity contribution >= 4 is 11.6 Å². The highest BCUT2D eigenvalue weighted by Crippen LogP contribution is 2.14. The van der Waals surface area contributed by atoms with E-state index in [1.165, 1.54) is 4.68 Å². The number of hydrogen-bond donors (Lipinski definition) is 2. The lowest BCUT2D eigenvalue weighted by Gasteiger charge is -2.06. The summed E-state index contributed by atoms with van der Waals surface area (Å²) in [6.45, 7) is 4.84. The number of primary amides is 1. The molecule has 6 nitrogen and oxygen atoms in total. The maximum atomic E-state index is 10.8. The van der Waals surface area contributed by atoms with Gasteiger partial charge in [0.05, 0.1) is 11.9 Å². The van der Waals surface area contributed by atoms with Gasteiger partial charge < -0.3 is 15.8 Å². The maximum Gasteiger partial charge on any atom is 0.239 e. The van der Waals surface area contributed by atoms with Crippen molar-refractivity contribution in [1.29, 1.82) is 0 Å². The molecule has 21 heavy (non-hydrogen) atoms. The van der Waals surface area contributed by atoms with Crippen molar-refractivity contribution in [3.8, 4) is 5.75 Å². The molecule has 0 radical (unpaired) electrons. The lowest BCUT2D eigenvalue weighted by atomic mass is 10.2. The Morgan fingerprint density at radius 2 is 2.19 bits per heavy atom. The Bertz CT molecular complexity index is 604. The molecular formula is C15H18N4O2. The van der Waals surface area contributed by atoms with E-state index in [1.807, 2.05) is 24.3 Å². The minimum absolute atomic E-state index is 0.0804. The number of nitrogens with two attached hydrogens (primary N) is 1. The Hall–Kier alpha value is -2.76. The molecule has 0 aliphatic carbocycles. The molecule has 0 spiro atoms. The lowest BCUT2D eigenvalue weighted by Crippen LogP contribution is -2.18. The summed E-state index contributed by atoms with van der Waals surface area (Å²) in [5.74, 6) is 0.396. The van der Waals surface area contributed by atoms with Gasteiger partial charge in [0.15, 0.2) is 0 Å². The Labute approximate surface area is 123 Å². The molecule has 6 heteroatoms. The number of nitrogens with zero attached hydrogens (tertiary/aromatic N) is 2. The summed E-state index contributed by atoms with van der Waals surface area (Å²) in [7, 11) is 0. The van der Waals surface area contributed by atoms with Gasteiger partial charge in [-0.3, -0.25) is 9.48 Å². The van der Waals surface area contributed by atoms with Gasteiger partial charge in [-0.15, -0.1) is 0 Å². The molecule has 0 aliphatic heterocycles. The van der Waals surface area contributed by atoms with E-state index in [0.29, 0.717) is 13.2 Å². The molecule has 0 fully saturated rings. The Kier molecular flexibility index (Phi) is 4.98. The van der Waals surface area contributed by atoms with Crippen LogP contribution >= 0.6 is 0 Å². The number of carbonyl (C=O) groups is 1. The maximum absolute atomic E-state index is 10.8.